The predicted octanol–water partition coefficient (Wildman–Crippen LogP) is 1.21. The van der Waals surface area contributed by atoms with Crippen LogP contribution in [0.5, 0.6) is 0 Å². The lowest BCUT2D eigenvalue weighted by molar-refractivity contribution is 0.281. The lowest BCUT2D eigenvalue weighted by atomic mass is 10.1. The molecule has 0 bridgehead atoms. The van der Waals surface area contributed by atoms with E-state index < -0.39 is 0 Å². The van der Waals surface area contributed by atoms with Crippen LogP contribution in [0.15, 0.2) is 42.5 Å². The molecule has 2 aromatic carbocycles. The minimum atomic E-state index is 0.0522. The number of nitrogens with one attached hydrogen (secondary N) is 1. The summed E-state index contributed by atoms with van der Waals surface area (Å²) in [6, 6.07) is 13.8. The molecule has 0 aromatic heterocycles. The lowest BCUT2D eigenvalue weighted by Crippen LogP contribution is -2.29. The summed E-state index contributed by atoms with van der Waals surface area (Å²) >= 11 is 0. The normalized spacial score (nSPS) is 10.7. The van der Waals surface area contributed by atoms with Gasteiger partial charge in [-0.2, -0.15) is 0 Å². The zero-order chi connectivity index (χ0) is 18.1. The van der Waals surface area contributed by atoms with E-state index in [4.69, 9.17) is 21.1 Å². The second kappa shape index (κ2) is 9.88. The molecule has 0 heterocycles. The fraction of sp³-hybridized carbons (Fsp3) is 0.368. The number of hydrogen-bond donors (Lipinski definition) is 5. The summed E-state index contributed by atoms with van der Waals surface area (Å²) in [4.78, 5) is 1.94. The maximum Gasteiger partial charge on any atom is 0.0606 e. The molecular weight excluding hydrogens is 318 g/mol. The standard InChI is InChI=1S/C19H27N3O3/c20-19-6-3-17(13-16(19)7-10-23)21-14-15-1-4-18(5-2-15)22(8-11-24)9-12-25/h1-6,13,21,23-25H,7-12,14,20H2. The van der Waals surface area contributed by atoms with Gasteiger partial charge in [0.05, 0.1) is 13.2 Å². The molecule has 0 amide bonds. The molecule has 0 unspecified atom stereocenters. The smallest absolute Gasteiger partial charge is 0.0606 e. The van der Waals surface area contributed by atoms with Crippen molar-refractivity contribution in [3.8, 4) is 0 Å². The Morgan fingerprint density at radius 3 is 2.16 bits per heavy atom. The highest BCUT2D eigenvalue weighted by Gasteiger charge is 2.05. The SMILES string of the molecule is Nc1ccc(NCc2ccc(N(CCO)CCO)cc2)cc1CCO. The van der Waals surface area contributed by atoms with E-state index in [-0.39, 0.29) is 19.8 Å². The maximum atomic E-state index is 9.11. The third-order valence-electron chi connectivity index (χ3n) is 4.06. The molecular formula is C19H27N3O3. The van der Waals surface area contributed by atoms with Crippen molar-refractivity contribution in [3.05, 3.63) is 53.6 Å². The van der Waals surface area contributed by atoms with Gasteiger partial charge in [-0.15, -0.1) is 0 Å². The molecule has 0 spiro atoms. The molecule has 0 atom stereocenters. The summed E-state index contributed by atoms with van der Waals surface area (Å²) in [5, 5.41) is 30.7. The van der Waals surface area contributed by atoms with Crippen molar-refractivity contribution in [3.63, 3.8) is 0 Å². The zero-order valence-corrected chi connectivity index (χ0v) is 14.4. The molecule has 25 heavy (non-hydrogen) atoms. The Morgan fingerprint density at radius 1 is 0.880 bits per heavy atom. The Balaban J connectivity index is 1.98. The van der Waals surface area contributed by atoms with E-state index in [1.165, 1.54) is 0 Å². The summed E-state index contributed by atoms with van der Waals surface area (Å²) in [7, 11) is 0. The van der Waals surface area contributed by atoms with Gasteiger partial charge in [0.25, 0.3) is 0 Å². The summed E-state index contributed by atoms with van der Waals surface area (Å²) in [5.74, 6) is 0. The number of nitrogens with zero attached hydrogens (tertiary/aromatic N) is 1. The van der Waals surface area contributed by atoms with E-state index in [1.807, 2.05) is 47.4 Å². The van der Waals surface area contributed by atoms with Crippen LogP contribution in [-0.2, 0) is 13.0 Å². The van der Waals surface area contributed by atoms with Gasteiger partial charge in [-0.05, 0) is 47.9 Å². The molecule has 6 nitrogen and oxygen atoms in total. The van der Waals surface area contributed by atoms with Crippen LogP contribution in [0, 0.1) is 0 Å². The molecule has 0 aliphatic carbocycles. The van der Waals surface area contributed by atoms with Gasteiger partial charge < -0.3 is 31.3 Å². The van der Waals surface area contributed by atoms with Gasteiger partial charge >= 0.3 is 0 Å². The highest BCUT2D eigenvalue weighted by Crippen LogP contribution is 2.20. The zero-order valence-electron chi connectivity index (χ0n) is 14.4. The molecule has 136 valence electrons. The van der Waals surface area contributed by atoms with Crippen molar-refractivity contribution in [2.45, 2.75) is 13.0 Å². The van der Waals surface area contributed by atoms with Gasteiger partial charge in [-0.1, -0.05) is 12.1 Å². The molecule has 0 saturated carbocycles. The number of hydrogen-bond acceptors (Lipinski definition) is 6. The Bertz CT molecular complexity index is 641. The van der Waals surface area contributed by atoms with Gasteiger partial charge in [-0.3, -0.25) is 0 Å². The molecule has 2 rings (SSSR count). The molecule has 0 saturated heterocycles. The number of aliphatic hydroxyl groups is 3. The van der Waals surface area contributed by atoms with Crippen molar-refractivity contribution >= 4 is 17.1 Å². The monoisotopic (exact) mass is 345 g/mol. The highest BCUT2D eigenvalue weighted by atomic mass is 16.3. The second-order valence-corrected chi connectivity index (χ2v) is 5.84. The summed E-state index contributed by atoms with van der Waals surface area (Å²) < 4.78 is 0. The first kappa shape index (κ1) is 19.1. The minimum absolute atomic E-state index is 0.0522. The van der Waals surface area contributed by atoms with E-state index in [2.05, 4.69) is 5.32 Å². The van der Waals surface area contributed by atoms with Crippen LogP contribution in [-0.4, -0.2) is 48.2 Å². The first-order valence-corrected chi connectivity index (χ1v) is 8.46. The summed E-state index contributed by atoms with van der Waals surface area (Å²) in [5.41, 5.74) is 10.6. The van der Waals surface area contributed by atoms with Gasteiger partial charge in [0.2, 0.25) is 0 Å². The van der Waals surface area contributed by atoms with Crippen LogP contribution in [0.25, 0.3) is 0 Å². The third-order valence-corrected chi connectivity index (χ3v) is 4.06. The van der Waals surface area contributed by atoms with Crippen LogP contribution in [0.4, 0.5) is 17.1 Å². The van der Waals surface area contributed by atoms with Gasteiger partial charge in [0.1, 0.15) is 0 Å². The van der Waals surface area contributed by atoms with E-state index in [9.17, 15) is 0 Å². The molecule has 0 radical (unpaired) electrons. The molecule has 6 N–H and O–H groups in total. The highest BCUT2D eigenvalue weighted by molar-refractivity contribution is 5.57. The maximum absolute atomic E-state index is 9.11. The topological polar surface area (TPSA) is 102 Å². The first-order valence-electron chi connectivity index (χ1n) is 8.46. The van der Waals surface area contributed by atoms with Crippen molar-refractivity contribution in [1.29, 1.82) is 0 Å². The van der Waals surface area contributed by atoms with Crippen LogP contribution in [0.3, 0.4) is 0 Å². The van der Waals surface area contributed by atoms with Crippen molar-refractivity contribution in [2.24, 2.45) is 0 Å². The largest absolute Gasteiger partial charge is 0.399 e. The number of benzene rings is 2. The lowest BCUT2D eigenvalue weighted by Gasteiger charge is -2.23. The van der Waals surface area contributed by atoms with Crippen LogP contribution < -0.4 is 16.0 Å². The molecule has 0 aliphatic rings. The first-order chi connectivity index (χ1) is 12.2. The average molecular weight is 345 g/mol. The minimum Gasteiger partial charge on any atom is -0.399 e. The fourth-order valence-corrected chi connectivity index (χ4v) is 2.69. The van der Waals surface area contributed by atoms with Crippen LogP contribution in [0.1, 0.15) is 11.1 Å². The number of rotatable bonds is 10. The van der Waals surface area contributed by atoms with Crippen molar-refractivity contribution in [2.75, 3.05) is 48.9 Å². The van der Waals surface area contributed by atoms with Gasteiger partial charge in [0.15, 0.2) is 0 Å². The summed E-state index contributed by atoms with van der Waals surface area (Å²) in [6.07, 6.45) is 0.543. The molecule has 2 aromatic rings. The van der Waals surface area contributed by atoms with Crippen LogP contribution in [0.2, 0.25) is 0 Å². The number of nitrogens with two attached hydrogens (primary N) is 1. The number of aliphatic hydroxyl groups excluding tert-OH is 3. The van der Waals surface area contributed by atoms with E-state index in [0.717, 1.165) is 22.5 Å². The van der Waals surface area contributed by atoms with E-state index >= 15 is 0 Å². The Labute approximate surface area is 148 Å². The summed E-state index contributed by atoms with van der Waals surface area (Å²) in [6.45, 7) is 1.84. The quantitative estimate of drug-likeness (QED) is 0.415. The van der Waals surface area contributed by atoms with Crippen molar-refractivity contribution in [1.82, 2.24) is 0 Å². The fourth-order valence-electron chi connectivity index (χ4n) is 2.69. The number of nitrogen functional groups attached to an aromatic ring is 1. The molecule has 0 aliphatic heterocycles. The van der Waals surface area contributed by atoms with Crippen molar-refractivity contribution < 1.29 is 15.3 Å². The molecule has 6 heteroatoms. The third kappa shape index (κ3) is 5.63. The van der Waals surface area contributed by atoms with Crippen LogP contribution >= 0.6 is 0 Å². The van der Waals surface area contributed by atoms with E-state index in [1.54, 1.807) is 0 Å². The van der Waals surface area contributed by atoms with E-state index in [0.29, 0.717) is 31.7 Å². The Kier molecular flexibility index (Phi) is 7.53. The number of anilines is 3. The average Bonchev–Trinajstić information content (AvgIpc) is 2.63. The molecule has 0 fully saturated rings. The second-order valence-electron chi connectivity index (χ2n) is 5.84. The predicted molar refractivity (Wildman–Crippen MR) is 102 cm³/mol. The van der Waals surface area contributed by atoms with Gasteiger partial charge in [0, 0.05) is 43.3 Å². The Hall–Kier alpha value is -2.28. The van der Waals surface area contributed by atoms with Gasteiger partial charge in [-0.25, -0.2) is 0 Å². The Morgan fingerprint density at radius 2 is 1.56 bits per heavy atom.